The van der Waals surface area contributed by atoms with Crippen LogP contribution in [0, 0.1) is 5.92 Å². The highest BCUT2D eigenvalue weighted by Crippen LogP contribution is 2.53. The molecule has 0 aliphatic heterocycles. The molecule has 1 heterocycles. The number of hydrogen-bond donors (Lipinski definition) is 0. The molecule has 0 bridgehead atoms. The smallest absolute Gasteiger partial charge is 0.330 e. The maximum Gasteiger partial charge on any atom is 0.330 e. The lowest BCUT2D eigenvalue weighted by atomic mass is 10.3. The second kappa shape index (κ2) is 5.11. The lowest BCUT2D eigenvalue weighted by molar-refractivity contribution is -0.138. The van der Waals surface area contributed by atoms with Gasteiger partial charge in [0, 0.05) is 18.1 Å². The van der Waals surface area contributed by atoms with E-state index in [0.29, 0.717) is 17.9 Å². The van der Waals surface area contributed by atoms with Crippen molar-refractivity contribution in [2.24, 2.45) is 5.92 Å². The Kier molecular flexibility index (Phi) is 3.44. The number of nitrogens with zero attached hydrogens (tertiary/aromatic N) is 1. The van der Waals surface area contributed by atoms with Crippen molar-refractivity contribution in [2.75, 3.05) is 6.61 Å². The molecule has 0 unspecified atom stereocenters. The van der Waals surface area contributed by atoms with Gasteiger partial charge in [0.25, 0.3) is 0 Å². The van der Waals surface area contributed by atoms with E-state index in [9.17, 15) is 4.79 Å². The van der Waals surface area contributed by atoms with Gasteiger partial charge in [-0.1, -0.05) is 12.1 Å². The summed E-state index contributed by atoms with van der Waals surface area (Å²) >= 11 is 11.7. The number of aromatic nitrogens is 1. The van der Waals surface area contributed by atoms with Gasteiger partial charge in [-0.25, -0.2) is 9.78 Å². The van der Waals surface area contributed by atoms with Gasteiger partial charge in [-0.15, -0.1) is 23.2 Å². The lowest BCUT2D eigenvalue weighted by Gasteiger charge is -2.00. The topological polar surface area (TPSA) is 52.3 Å². The SMILES string of the molecule is O=C(/C=C\c1nc2ccccc2o1)OC[C@H]1CC1(Cl)Cl. The number of fused-ring (bicyclic) bond motifs is 1. The second-order valence-electron chi connectivity index (χ2n) is 4.65. The number of carbonyl (C=O) groups is 1. The highest BCUT2D eigenvalue weighted by molar-refractivity contribution is 6.50. The monoisotopic (exact) mass is 311 g/mol. The van der Waals surface area contributed by atoms with Gasteiger partial charge in [0.15, 0.2) is 5.58 Å². The van der Waals surface area contributed by atoms with Crippen molar-refractivity contribution < 1.29 is 13.9 Å². The normalized spacial score (nSPS) is 20.4. The standard InChI is InChI=1S/C14H11Cl2NO3/c15-14(16)7-9(14)8-19-13(18)6-5-12-17-10-3-1-2-4-11(10)20-12/h1-6,9H,7-8H2/b6-5-/t9-/m1/s1. The number of rotatable bonds is 4. The Bertz CT molecular complexity index is 645. The van der Waals surface area contributed by atoms with Crippen molar-refractivity contribution >= 4 is 46.3 Å². The first-order chi connectivity index (χ1) is 9.54. The van der Waals surface area contributed by atoms with Crippen LogP contribution in [0.2, 0.25) is 0 Å². The van der Waals surface area contributed by atoms with E-state index in [1.165, 1.54) is 12.2 Å². The van der Waals surface area contributed by atoms with E-state index in [-0.39, 0.29) is 12.5 Å². The molecule has 1 aliphatic rings. The molecule has 0 amide bonds. The van der Waals surface area contributed by atoms with Crippen LogP contribution in [-0.2, 0) is 9.53 Å². The molecule has 0 radical (unpaired) electrons. The third-order valence-electron chi connectivity index (χ3n) is 3.05. The summed E-state index contributed by atoms with van der Waals surface area (Å²) in [5, 5.41) is 0. The quantitative estimate of drug-likeness (QED) is 0.492. The molecule has 1 aromatic heterocycles. The number of benzene rings is 1. The minimum Gasteiger partial charge on any atom is -0.462 e. The van der Waals surface area contributed by atoms with Gasteiger partial charge in [0.05, 0.1) is 6.61 Å². The summed E-state index contributed by atoms with van der Waals surface area (Å²) < 4.78 is 9.74. The molecule has 2 aromatic rings. The Balaban J connectivity index is 1.57. The summed E-state index contributed by atoms with van der Waals surface area (Å²) in [4.78, 5) is 15.7. The van der Waals surface area contributed by atoms with Gasteiger partial charge < -0.3 is 9.15 Å². The van der Waals surface area contributed by atoms with Gasteiger partial charge in [0.2, 0.25) is 5.89 Å². The van der Waals surface area contributed by atoms with Gasteiger partial charge in [-0.3, -0.25) is 0 Å². The fourth-order valence-electron chi connectivity index (χ4n) is 1.78. The Morgan fingerprint density at radius 2 is 2.25 bits per heavy atom. The summed E-state index contributed by atoms with van der Waals surface area (Å²) in [6.45, 7) is 0.226. The summed E-state index contributed by atoms with van der Waals surface area (Å²) in [5.41, 5.74) is 1.42. The second-order valence-corrected chi connectivity index (χ2v) is 6.19. The van der Waals surface area contributed by atoms with Gasteiger partial charge in [-0.05, 0) is 18.6 Å². The first kappa shape index (κ1) is 13.5. The molecule has 1 atom stereocenters. The highest BCUT2D eigenvalue weighted by Gasteiger charge is 2.52. The van der Waals surface area contributed by atoms with E-state index >= 15 is 0 Å². The average Bonchev–Trinajstić information content (AvgIpc) is 2.86. The summed E-state index contributed by atoms with van der Waals surface area (Å²) in [5.74, 6) is -0.0885. The highest BCUT2D eigenvalue weighted by atomic mass is 35.5. The van der Waals surface area contributed by atoms with Gasteiger partial charge >= 0.3 is 5.97 Å². The Morgan fingerprint density at radius 3 is 2.95 bits per heavy atom. The molecule has 1 aromatic carbocycles. The summed E-state index contributed by atoms with van der Waals surface area (Å²) in [6.07, 6.45) is 3.40. The molecule has 6 heteroatoms. The van der Waals surface area contributed by atoms with Crippen LogP contribution >= 0.6 is 23.2 Å². The summed E-state index contributed by atoms with van der Waals surface area (Å²) in [6, 6.07) is 7.37. The van der Waals surface area contributed by atoms with Crippen molar-refractivity contribution in [2.45, 2.75) is 10.8 Å². The number of halogens is 2. The molecule has 0 spiro atoms. The first-order valence-corrected chi connectivity index (χ1v) is 6.88. The number of para-hydroxylation sites is 2. The van der Waals surface area contributed by atoms with Crippen LogP contribution in [-0.4, -0.2) is 21.9 Å². The Labute approximate surface area is 125 Å². The number of hydrogen-bond acceptors (Lipinski definition) is 4. The Morgan fingerprint density at radius 1 is 1.50 bits per heavy atom. The fourth-order valence-corrected chi connectivity index (χ4v) is 2.28. The molecule has 1 fully saturated rings. The van der Waals surface area contributed by atoms with E-state index in [4.69, 9.17) is 32.4 Å². The molecular weight excluding hydrogens is 301 g/mol. The van der Waals surface area contributed by atoms with Crippen molar-refractivity contribution in [3.05, 3.63) is 36.2 Å². The average molecular weight is 312 g/mol. The molecule has 1 aliphatic carbocycles. The number of esters is 1. The molecule has 3 rings (SSSR count). The third kappa shape index (κ3) is 2.97. The maximum atomic E-state index is 11.5. The zero-order valence-electron chi connectivity index (χ0n) is 10.4. The van der Waals surface area contributed by atoms with Crippen LogP contribution in [0.3, 0.4) is 0 Å². The number of carbonyl (C=O) groups excluding carboxylic acids is 1. The number of alkyl halides is 2. The molecule has 20 heavy (non-hydrogen) atoms. The fraction of sp³-hybridized carbons (Fsp3) is 0.286. The maximum absolute atomic E-state index is 11.5. The lowest BCUT2D eigenvalue weighted by Crippen LogP contribution is -2.06. The first-order valence-electron chi connectivity index (χ1n) is 6.13. The van der Waals surface area contributed by atoms with Crippen molar-refractivity contribution in [1.29, 1.82) is 0 Å². The predicted molar refractivity (Wildman–Crippen MR) is 76.5 cm³/mol. The zero-order valence-corrected chi connectivity index (χ0v) is 11.9. The number of ether oxygens (including phenoxy) is 1. The Hall–Kier alpha value is -1.52. The predicted octanol–water partition coefficient (Wildman–Crippen LogP) is 3.58. The van der Waals surface area contributed by atoms with Gasteiger partial charge in [-0.2, -0.15) is 0 Å². The minimum absolute atomic E-state index is 0.0208. The van der Waals surface area contributed by atoms with Gasteiger partial charge in [0.1, 0.15) is 9.85 Å². The zero-order chi connectivity index (χ0) is 14.2. The van der Waals surface area contributed by atoms with E-state index in [2.05, 4.69) is 4.98 Å². The van der Waals surface area contributed by atoms with Crippen LogP contribution in [0.5, 0.6) is 0 Å². The van der Waals surface area contributed by atoms with E-state index in [0.717, 1.165) is 5.52 Å². The molecule has 0 N–H and O–H groups in total. The molecule has 104 valence electrons. The van der Waals surface area contributed by atoms with Crippen LogP contribution in [0.4, 0.5) is 0 Å². The van der Waals surface area contributed by atoms with Crippen LogP contribution < -0.4 is 0 Å². The van der Waals surface area contributed by atoms with E-state index < -0.39 is 10.3 Å². The van der Waals surface area contributed by atoms with E-state index in [1.54, 1.807) is 0 Å². The largest absolute Gasteiger partial charge is 0.462 e. The van der Waals surface area contributed by atoms with Crippen LogP contribution in [0.25, 0.3) is 17.2 Å². The van der Waals surface area contributed by atoms with Crippen LogP contribution in [0.1, 0.15) is 12.3 Å². The van der Waals surface area contributed by atoms with E-state index in [1.807, 2.05) is 24.3 Å². The van der Waals surface area contributed by atoms with Crippen molar-refractivity contribution in [3.8, 4) is 0 Å². The van der Waals surface area contributed by atoms with Crippen molar-refractivity contribution in [1.82, 2.24) is 4.98 Å². The van der Waals surface area contributed by atoms with Crippen molar-refractivity contribution in [3.63, 3.8) is 0 Å². The molecule has 4 nitrogen and oxygen atoms in total. The third-order valence-corrected chi connectivity index (χ3v) is 3.98. The van der Waals surface area contributed by atoms with Crippen LogP contribution in [0.15, 0.2) is 34.8 Å². The molecule has 1 saturated carbocycles. The number of oxazole rings is 1. The minimum atomic E-state index is -0.732. The molecule has 0 saturated heterocycles. The molecular formula is C14H11Cl2NO3. The summed E-state index contributed by atoms with van der Waals surface area (Å²) in [7, 11) is 0.